The molecule has 0 bridgehead atoms. The van der Waals surface area contributed by atoms with Gasteiger partial charge in [-0.3, -0.25) is 0 Å². The molecule has 6 heteroatoms. The molecule has 1 N–H and O–H groups in total. The van der Waals surface area contributed by atoms with Gasteiger partial charge in [0.25, 0.3) is 0 Å². The van der Waals surface area contributed by atoms with E-state index < -0.39 is 17.5 Å². The molecule has 0 aliphatic carbocycles. The van der Waals surface area contributed by atoms with Crippen molar-refractivity contribution in [1.29, 1.82) is 0 Å². The van der Waals surface area contributed by atoms with Crippen molar-refractivity contribution in [2.45, 2.75) is 13.0 Å². The van der Waals surface area contributed by atoms with Crippen molar-refractivity contribution < 1.29 is 17.9 Å². The largest absolute Gasteiger partial charge is 0.496 e. The number of rotatable bonds is 4. The highest BCUT2D eigenvalue weighted by Crippen LogP contribution is 2.30. The molecular formula is C15H13BrF3NO. The quantitative estimate of drug-likeness (QED) is 0.824. The molecule has 1 atom stereocenters. The Morgan fingerprint density at radius 2 is 1.71 bits per heavy atom. The second kappa shape index (κ2) is 6.39. The van der Waals surface area contributed by atoms with Crippen molar-refractivity contribution >= 4 is 21.6 Å². The van der Waals surface area contributed by atoms with Crippen LogP contribution in [0, 0.1) is 17.5 Å². The molecule has 2 aromatic carbocycles. The summed E-state index contributed by atoms with van der Waals surface area (Å²) in [6.45, 7) is 1.75. The lowest BCUT2D eigenvalue weighted by molar-refractivity contribution is 0.412. The Balaban J connectivity index is 2.26. The van der Waals surface area contributed by atoms with Gasteiger partial charge < -0.3 is 10.1 Å². The van der Waals surface area contributed by atoms with E-state index in [1.54, 1.807) is 32.2 Å². The Labute approximate surface area is 129 Å². The van der Waals surface area contributed by atoms with Gasteiger partial charge in [0.05, 0.1) is 11.6 Å². The lowest BCUT2D eigenvalue weighted by Crippen LogP contribution is -2.10. The van der Waals surface area contributed by atoms with Crippen molar-refractivity contribution in [3.05, 3.63) is 57.8 Å². The number of anilines is 1. The number of ether oxygens (including phenoxy) is 1. The van der Waals surface area contributed by atoms with Crippen molar-refractivity contribution in [2.24, 2.45) is 0 Å². The van der Waals surface area contributed by atoms with Crippen LogP contribution in [0.5, 0.6) is 5.75 Å². The molecule has 0 fully saturated rings. The predicted octanol–water partition coefficient (Wildman–Crippen LogP) is 5.05. The minimum absolute atomic E-state index is 0.351. The summed E-state index contributed by atoms with van der Waals surface area (Å²) in [5.41, 5.74) is 0.446. The number of benzene rings is 2. The molecule has 0 saturated heterocycles. The zero-order valence-electron chi connectivity index (χ0n) is 11.4. The first-order valence-corrected chi connectivity index (χ1v) is 6.96. The normalized spacial score (nSPS) is 12.1. The van der Waals surface area contributed by atoms with E-state index in [4.69, 9.17) is 4.74 Å². The summed E-state index contributed by atoms with van der Waals surface area (Å²) in [6.07, 6.45) is 0. The number of hydrogen-bond donors (Lipinski definition) is 1. The average molecular weight is 360 g/mol. The van der Waals surface area contributed by atoms with Crippen LogP contribution in [0.3, 0.4) is 0 Å². The highest BCUT2D eigenvalue weighted by molar-refractivity contribution is 9.10. The molecule has 0 heterocycles. The Hall–Kier alpha value is -1.69. The Kier molecular flexibility index (Phi) is 4.77. The summed E-state index contributed by atoms with van der Waals surface area (Å²) in [6, 6.07) is 6.22. The summed E-state index contributed by atoms with van der Waals surface area (Å²) >= 11 is 3.35. The van der Waals surface area contributed by atoms with Crippen molar-refractivity contribution in [2.75, 3.05) is 12.4 Å². The highest BCUT2D eigenvalue weighted by atomic mass is 79.9. The minimum Gasteiger partial charge on any atom is -0.496 e. The smallest absolute Gasteiger partial charge is 0.152 e. The van der Waals surface area contributed by atoms with Crippen LogP contribution in [0.1, 0.15) is 18.5 Å². The number of nitrogens with one attached hydrogen (secondary N) is 1. The molecule has 0 aliphatic rings. The van der Waals surface area contributed by atoms with Crippen molar-refractivity contribution in [3.8, 4) is 5.75 Å². The molecule has 0 saturated carbocycles. The van der Waals surface area contributed by atoms with Gasteiger partial charge in [-0.05, 0) is 40.5 Å². The van der Waals surface area contributed by atoms with Gasteiger partial charge in [-0.1, -0.05) is 6.07 Å². The third-order valence-corrected chi connectivity index (χ3v) is 3.66. The van der Waals surface area contributed by atoms with Crippen LogP contribution in [0.15, 0.2) is 34.8 Å². The predicted molar refractivity (Wildman–Crippen MR) is 79.0 cm³/mol. The van der Waals surface area contributed by atoms with E-state index in [2.05, 4.69) is 21.2 Å². The van der Waals surface area contributed by atoms with Crippen LogP contribution in [0.25, 0.3) is 0 Å². The highest BCUT2D eigenvalue weighted by Gasteiger charge is 2.15. The molecule has 2 rings (SSSR count). The van der Waals surface area contributed by atoms with Crippen LogP contribution < -0.4 is 10.1 Å². The molecule has 2 aromatic rings. The van der Waals surface area contributed by atoms with Gasteiger partial charge >= 0.3 is 0 Å². The molecule has 2 nitrogen and oxygen atoms in total. The fourth-order valence-corrected chi connectivity index (χ4v) is 2.49. The van der Waals surface area contributed by atoms with E-state index in [9.17, 15) is 13.2 Å². The maximum Gasteiger partial charge on any atom is 0.152 e. The number of halogens is 4. The maximum atomic E-state index is 13.6. The standard InChI is InChI=1S/C15H13BrF3NO/c1-8(9-3-4-14(21-2)11(16)5-9)20-15-12(18)6-10(17)7-13(15)19/h3-8,20H,1-2H3. The molecule has 1 unspecified atom stereocenters. The van der Waals surface area contributed by atoms with Gasteiger partial charge in [-0.15, -0.1) is 0 Å². The van der Waals surface area contributed by atoms with Crippen LogP contribution >= 0.6 is 15.9 Å². The first-order valence-electron chi connectivity index (χ1n) is 6.17. The third-order valence-electron chi connectivity index (χ3n) is 3.04. The fourth-order valence-electron chi connectivity index (χ4n) is 1.93. The van der Waals surface area contributed by atoms with Crippen molar-refractivity contribution in [3.63, 3.8) is 0 Å². The zero-order chi connectivity index (χ0) is 15.6. The first kappa shape index (κ1) is 15.7. The van der Waals surface area contributed by atoms with Crippen LogP contribution in [0.2, 0.25) is 0 Å². The van der Waals surface area contributed by atoms with Crippen molar-refractivity contribution in [1.82, 2.24) is 0 Å². The lowest BCUT2D eigenvalue weighted by atomic mass is 10.1. The summed E-state index contributed by atoms with van der Waals surface area (Å²) in [7, 11) is 1.55. The topological polar surface area (TPSA) is 21.3 Å². The summed E-state index contributed by atoms with van der Waals surface area (Å²) in [5, 5.41) is 2.71. The molecule has 0 amide bonds. The van der Waals surface area contributed by atoms with Crippen LogP contribution in [-0.4, -0.2) is 7.11 Å². The van der Waals surface area contributed by atoms with Crippen LogP contribution in [0.4, 0.5) is 18.9 Å². The molecule has 0 spiro atoms. The van der Waals surface area contributed by atoms with E-state index in [1.165, 1.54) is 0 Å². The zero-order valence-corrected chi connectivity index (χ0v) is 13.0. The van der Waals surface area contributed by atoms with Gasteiger partial charge in [0, 0.05) is 18.2 Å². The van der Waals surface area contributed by atoms with Gasteiger partial charge in [0.1, 0.15) is 17.3 Å². The SMILES string of the molecule is COc1ccc(C(C)Nc2c(F)cc(F)cc2F)cc1Br. The van der Waals surface area contributed by atoms with Crippen LogP contribution in [-0.2, 0) is 0 Å². The van der Waals surface area contributed by atoms with Gasteiger partial charge in [-0.25, -0.2) is 13.2 Å². The Bertz CT molecular complexity index is 640. The van der Waals surface area contributed by atoms with E-state index in [0.717, 1.165) is 10.0 Å². The summed E-state index contributed by atoms with van der Waals surface area (Å²) < 4.78 is 46.0. The molecule has 0 radical (unpaired) electrons. The van der Waals surface area contributed by atoms with Gasteiger partial charge in [0.15, 0.2) is 11.6 Å². The Morgan fingerprint density at radius 1 is 1.10 bits per heavy atom. The molecule has 21 heavy (non-hydrogen) atoms. The van der Waals surface area contributed by atoms with E-state index in [-0.39, 0.29) is 11.7 Å². The molecule has 0 aromatic heterocycles. The maximum absolute atomic E-state index is 13.6. The van der Waals surface area contributed by atoms with Gasteiger partial charge in [-0.2, -0.15) is 0 Å². The lowest BCUT2D eigenvalue weighted by Gasteiger charge is -2.18. The third kappa shape index (κ3) is 3.50. The average Bonchev–Trinajstić information content (AvgIpc) is 2.42. The molecular weight excluding hydrogens is 347 g/mol. The second-order valence-electron chi connectivity index (χ2n) is 4.50. The molecule has 112 valence electrons. The number of hydrogen-bond acceptors (Lipinski definition) is 2. The minimum atomic E-state index is -0.966. The van der Waals surface area contributed by atoms with E-state index in [1.807, 2.05) is 0 Å². The second-order valence-corrected chi connectivity index (χ2v) is 5.36. The molecule has 0 aliphatic heterocycles. The van der Waals surface area contributed by atoms with Gasteiger partial charge in [0.2, 0.25) is 0 Å². The number of methoxy groups -OCH3 is 1. The first-order chi connectivity index (χ1) is 9.92. The summed E-state index contributed by atoms with van der Waals surface area (Å²) in [5.74, 6) is -2.22. The van der Waals surface area contributed by atoms with E-state index in [0.29, 0.717) is 17.9 Å². The summed E-state index contributed by atoms with van der Waals surface area (Å²) in [4.78, 5) is 0. The monoisotopic (exact) mass is 359 g/mol. The van der Waals surface area contributed by atoms with E-state index >= 15 is 0 Å². The Morgan fingerprint density at radius 3 is 2.24 bits per heavy atom. The fraction of sp³-hybridized carbons (Fsp3) is 0.200.